The highest BCUT2D eigenvalue weighted by Gasteiger charge is 2.41. The van der Waals surface area contributed by atoms with E-state index in [0.717, 1.165) is 19.3 Å². The van der Waals surface area contributed by atoms with Crippen molar-refractivity contribution in [2.24, 2.45) is 16.7 Å². The average Bonchev–Trinajstić information content (AvgIpc) is 2.55. The van der Waals surface area contributed by atoms with E-state index in [2.05, 4.69) is 30.9 Å². The Labute approximate surface area is 162 Å². The molecule has 0 heterocycles. The Morgan fingerprint density at radius 1 is 1.30 bits per heavy atom. The highest BCUT2D eigenvalue weighted by molar-refractivity contribution is 5.79. The van der Waals surface area contributed by atoms with Gasteiger partial charge in [0.1, 0.15) is 19.8 Å². The first-order valence-electron chi connectivity index (χ1n) is 9.40. The first kappa shape index (κ1) is 22.9. The third-order valence-electron chi connectivity index (χ3n) is 4.76. The van der Waals surface area contributed by atoms with Gasteiger partial charge in [0, 0.05) is 13.0 Å². The minimum absolute atomic E-state index is 0.0621. The van der Waals surface area contributed by atoms with Crippen LogP contribution >= 0.6 is 0 Å². The van der Waals surface area contributed by atoms with Crippen LogP contribution in [0.1, 0.15) is 52.9 Å². The van der Waals surface area contributed by atoms with Crippen molar-refractivity contribution in [3.05, 3.63) is 11.4 Å². The fraction of sp³-hybridized carbons (Fsp3) is 0.800. The molecular weight excluding hydrogens is 346 g/mol. The van der Waals surface area contributed by atoms with Crippen molar-refractivity contribution >= 4 is 11.9 Å². The van der Waals surface area contributed by atoms with Crippen LogP contribution in [-0.2, 0) is 14.3 Å². The lowest BCUT2D eigenvalue weighted by atomic mass is 9.60. The number of alkyl carbamates (subject to hydrolysis) is 1. The smallest absolute Gasteiger partial charge is 0.407 e. The van der Waals surface area contributed by atoms with E-state index in [0.29, 0.717) is 19.6 Å². The molecule has 0 aliphatic heterocycles. The number of ketones is 1. The minimum atomic E-state index is -0.504. The quantitative estimate of drug-likeness (QED) is 0.465. The Bertz CT molecular complexity index is 591. The number of nitriles is 1. The zero-order chi connectivity index (χ0) is 20.3. The molecule has 2 unspecified atom stereocenters. The maximum Gasteiger partial charge on any atom is 0.407 e. The van der Waals surface area contributed by atoms with Gasteiger partial charge in [0.15, 0.2) is 5.78 Å². The van der Waals surface area contributed by atoms with Crippen molar-refractivity contribution in [1.82, 2.24) is 5.32 Å². The summed E-state index contributed by atoms with van der Waals surface area (Å²) in [6.45, 7) is 14.4. The summed E-state index contributed by atoms with van der Waals surface area (Å²) in [6, 6.07) is 1.93. The lowest BCUT2D eigenvalue weighted by molar-refractivity contribution is -0.125. The predicted octanol–water partition coefficient (Wildman–Crippen LogP) is 3.35. The molecule has 0 spiro atoms. The lowest BCUT2D eigenvalue weighted by Gasteiger charge is -2.46. The van der Waals surface area contributed by atoms with Crippen molar-refractivity contribution in [3.63, 3.8) is 0 Å². The molecule has 150 valence electrons. The molecule has 0 aromatic carbocycles. The van der Waals surface area contributed by atoms with Crippen LogP contribution in [0, 0.1) is 34.7 Å². The maximum absolute atomic E-state index is 12.2. The second-order valence-corrected chi connectivity index (χ2v) is 8.50. The van der Waals surface area contributed by atoms with Gasteiger partial charge in [-0.2, -0.15) is 5.26 Å². The molecule has 0 radical (unpaired) electrons. The molecule has 1 aliphatic carbocycles. The monoisotopic (exact) mass is 377 g/mol. The number of ether oxygens (including phenoxy) is 2. The number of nitrogens with one attached hydrogen (secondary N) is 1. The van der Waals surface area contributed by atoms with E-state index < -0.39 is 6.09 Å². The van der Waals surface area contributed by atoms with Gasteiger partial charge in [-0.25, -0.2) is 11.4 Å². The van der Waals surface area contributed by atoms with Gasteiger partial charge in [-0.3, -0.25) is 4.79 Å². The molecule has 7 nitrogen and oxygen atoms in total. The molecule has 1 fully saturated rings. The summed E-state index contributed by atoms with van der Waals surface area (Å²) in [5, 5.41) is 11.3. The zero-order valence-corrected chi connectivity index (χ0v) is 16.7. The molecule has 7 heteroatoms. The van der Waals surface area contributed by atoms with Gasteiger partial charge < -0.3 is 19.6 Å². The fourth-order valence-electron chi connectivity index (χ4n) is 4.33. The number of carbonyl (C=O) groups excluding carboxylic acids is 2. The van der Waals surface area contributed by atoms with Crippen molar-refractivity contribution in [1.29, 1.82) is 5.26 Å². The zero-order valence-electron chi connectivity index (χ0n) is 16.7. The highest BCUT2D eigenvalue weighted by Crippen LogP contribution is 2.49. The van der Waals surface area contributed by atoms with Gasteiger partial charge in [0.2, 0.25) is 6.54 Å². The molecule has 2 atom stereocenters. The summed E-state index contributed by atoms with van der Waals surface area (Å²) >= 11 is 0. The van der Waals surface area contributed by atoms with Gasteiger partial charge in [-0.05, 0) is 36.0 Å². The molecule has 1 amide bonds. The van der Waals surface area contributed by atoms with Crippen LogP contribution in [0.25, 0.3) is 4.85 Å². The maximum atomic E-state index is 12.2. The van der Waals surface area contributed by atoms with Crippen LogP contribution in [0.2, 0.25) is 0 Å². The predicted molar refractivity (Wildman–Crippen MR) is 101 cm³/mol. The van der Waals surface area contributed by atoms with E-state index in [4.69, 9.17) is 21.3 Å². The van der Waals surface area contributed by atoms with Crippen LogP contribution in [0.5, 0.6) is 0 Å². The minimum Gasteiger partial charge on any atom is -0.448 e. The SMILES string of the molecule is [C-]#[N+]CCOCC(=O)CC1CC(C)(C)CC(C)(CNC(=O)OCCC#N)C1. The molecule has 27 heavy (non-hydrogen) atoms. The number of hydrogen-bond acceptors (Lipinski definition) is 5. The summed E-state index contributed by atoms with van der Waals surface area (Å²) < 4.78 is 10.2. The second-order valence-electron chi connectivity index (χ2n) is 8.50. The first-order valence-corrected chi connectivity index (χ1v) is 9.40. The molecular formula is C20H31N3O4. The second kappa shape index (κ2) is 10.9. The molecule has 1 N–H and O–H groups in total. The van der Waals surface area contributed by atoms with Crippen LogP contribution < -0.4 is 5.32 Å². The summed E-state index contributed by atoms with van der Waals surface area (Å²) in [5.74, 6) is 0.307. The number of amides is 1. The van der Waals surface area contributed by atoms with E-state index in [1.165, 1.54) is 0 Å². The lowest BCUT2D eigenvalue weighted by Crippen LogP contribution is -2.44. The Morgan fingerprint density at radius 3 is 2.70 bits per heavy atom. The Morgan fingerprint density at radius 2 is 2.04 bits per heavy atom. The Hall–Kier alpha value is -2.12. The highest BCUT2D eigenvalue weighted by atomic mass is 16.5. The molecule has 1 aliphatic rings. The van der Waals surface area contributed by atoms with Crippen molar-refractivity contribution in [2.75, 3.05) is 32.9 Å². The fourth-order valence-corrected chi connectivity index (χ4v) is 4.33. The third-order valence-corrected chi connectivity index (χ3v) is 4.76. The van der Waals surface area contributed by atoms with Gasteiger partial charge in [0.25, 0.3) is 0 Å². The standard InChI is InChI=1S/C20H31N3O4/c1-19(2)11-16(10-17(24)13-26-9-7-22-4)12-20(3,14-19)15-23-18(25)27-8-5-6-21/h16H,5,7-15H2,1-3H3,(H,23,25). The molecule has 0 saturated heterocycles. The van der Waals surface area contributed by atoms with Crippen LogP contribution in [-0.4, -0.2) is 44.8 Å². The molecule has 0 bridgehead atoms. The van der Waals surface area contributed by atoms with E-state index in [-0.39, 0.29) is 48.7 Å². The van der Waals surface area contributed by atoms with Gasteiger partial charge in [0.05, 0.1) is 12.5 Å². The number of rotatable bonds is 10. The summed E-state index contributed by atoms with van der Waals surface area (Å²) in [6.07, 6.45) is 2.90. The van der Waals surface area contributed by atoms with E-state index >= 15 is 0 Å². The summed E-state index contributed by atoms with van der Waals surface area (Å²) in [7, 11) is 0. The molecule has 1 saturated carbocycles. The Kier molecular flexibility index (Phi) is 9.25. The van der Waals surface area contributed by atoms with Gasteiger partial charge in [-0.15, -0.1) is 0 Å². The number of carbonyl (C=O) groups is 2. The van der Waals surface area contributed by atoms with Crippen molar-refractivity contribution in [2.45, 2.75) is 52.9 Å². The third kappa shape index (κ3) is 9.40. The van der Waals surface area contributed by atoms with Crippen molar-refractivity contribution < 1.29 is 19.1 Å². The van der Waals surface area contributed by atoms with Crippen molar-refractivity contribution in [3.8, 4) is 6.07 Å². The average molecular weight is 377 g/mol. The number of Topliss-reactive ketones (excluding diaryl/α,β-unsaturated/α-hetero) is 1. The normalized spacial score (nSPS) is 23.7. The van der Waals surface area contributed by atoms with E-state index in [9.17, 15) is 9.59 Å². The largest absolute Gasteiger partial charge is 0.448 e. The summed E-state index contributed by atoms with van der Waals surface area (Å²) in [5.41, 5.74) is -0.0405. The first-order chi connectivity index (χ1) is 12.7. The molecule has 0 aromatic rings. The molecule has 1 rings (SSSR count). The van der Waals surface area contributed by atoms with Crippen LogP contribution in [0.15, 0.2) is 0 Å². The number of hydrogen-bond donors (Lipinski definition) is 1. The topological polar surface area (TPSA) is 92.8 Å². The summed E-state index contributed by atoms with van der Waals surface area (Å²) in [4.78, 5) is 27.1. The van der Waals surface area contributed by atoms with E-state index in [1.807, 2.05) is 6.07 Å². The molecule has 0 aromatic heterocycles. The van der Waals surface area contributed by atoms with Crippen LogP contribution in [0.3, 0.4) is 0 Å². The van der Waals surface area contributed by atoms with Gasteiger partial charge in [-0.1, -0.05) is 20.8 Å². The Balaban J connectivity index is 2.53. The number of nitrogens with zero attached hydrogens (tertiary/aromatic N) is 2. The van der Waals surface area contributed by atoms with E-state index in [1.54, 1.807) is 0 Å². The van der Waals surface area contributed by atoms with Gasteiger partial charge >= 0.3 is 6.09 Å². The van der Waals surface area contributed by atoms with Crippen LogP contribution in [0.4, 0.5) is 4.79 Å².